The lowest BCUT2D eigenvalue weighted by atomic mass is 10.00. The van der Waals surface area contributed by atoms with Crippen LogP contribution in [0.1, 0.15) is 45.6 Å². The number of hydrogen-bond donors (Lipinski definition) is 5. The van der Waals surface area contributed by atoms with Crippen LogP contribution in [0.5, 0.6) is 5.75 Å². The highest BCUT2D eigenvalue weighted by Gasteiger charge is 2.37. The third-order valence-electron chi connectivity index (χ3n) is 5.47. The largest absolute Gasteiger partial charge is 0.524 e. The minimum Gasteiger partial charge on any atom is -0.404 e. The Balaban J connectivity index is 2.18. The predicted molar refractivity (Wildman–Crippen MR) is 126 cm³/mol. The molecule has 194 valence electrons. The lowest BCUT2D eigenvalue weighted by Crippen LogP contribution is -2.56. The van der Waals surface area contributed by atoms with Gasteiger partial charge in [-0.15, -0.1) is 0 Å². The number of benzene rings is 1. The number of nitrogens with one attached hydrogen (secondary N) is 2. The first-order valence-corrected chi connectivity index (χ1v) is 12.8. The highest BCUT2D eigenvalue weighted by molar-refractivity contribution is 7.46. The third-order valence-corrected chi connectivity index (χ3v) is 5.92. The number of amides is 4. The van der Waals surface area contributed by atoms with Gasteiger partial charge in [-0.05, 0) is 42.9 Å². The second-order valence-corrected chi connectivity index (χ2v) is 10.1. The van der Waals surface area contributed by atoms with Gasteiger partial charge in [0.05, 0.1) is 0 Å². The van der Waals surface area contributed by atoms with E-state index >= 15 is 0 Å². The molecule has 1 fully saturated rings. The molecule has 1 aromatic rings. The molecule has 13 heteroatoms. The molecule has 0 radical (unpaired) electrons. The minimum atomic E-state index is -4.71. The molecule has 1 aliphatic heterocycles. The average molecular weight is 513 g/mol. The van der Waals surface area contributed by atoms with Crippen molar-refractivity contribution in [1.29, 1.82) is 0 Å². The van der Waals surface area contributed by atoms with Crippen LogP contribution in [-0.4, -0.2) is 63.0 Å². The van der Waals surface area contributed by atoms with Gasteiger partial charge in [-0.1, -0.05) is 26.0 Å². The molecule has 2 rings (SSSR count). The van der Waals surface area contributed by atoms with Crippen LogP contribution in [0.3, 0.4) is 0 Å². The van der Waals surface area contributed by atoms with Gasteiger partial charge in [0.15, 0.2) is 0 Å². The molecule has 3 atom stereocenters. The van der Waals surface area contributed by atoms with Gasteiger partial charge < -0.3 is 25.8 Å². The highest BCUT2D eigenvalue weighted by atomic mass is 31.2. The maximum Gasteiger partial charge on any atom is 0.524 e. The molecule has 0 aliphatic carbocycles. The Morgan fingerprint density at radius 1 is 1.14 bits per heavy atom. The summed E-state index contributed by atoms with van der Waals surface area (Å²) in [5.74, 6) is -2.02. The van der Waals surface area contributed by atoms with Crippen LogP contribution in [0.25, 0.3) is 0 Å². The number of primary amides is 1. The fourth-order valence-corrected chi connectivity index (χ4v) is 4.40. The molecular formula is C22H33N4O8P. The number of rotatable bonds is 11. The summed E-state index contributed by atoms with van der Waals surface area (Å²) in [6.45, 7) is 5.42. The number of nitrogens with two attached hydrogens (primary N) is 1. The third kappa shape index (κ3) is 8.97. The molecule has 0 unspecified atom stereocenters. The SMILES string of the molecule is CC(=O)N[C@@H](Cc1ccc(OP(=O)(O)O)cc1)C(=O)N[C@@H](CC(C)C)C(=O)N1CCC[C@@H]1C(N)=O. The number of hydrogen-bond acceptors (Lipinski definition) is 6. The molecule has 1 saturated heterocycles. The number of phosphoric acid groups is 1. The van der Waals surface area contributed by atoms with Crippen LogP contribution in [0.15, 0.2) is 24.3 Å². The second kappa shape index (κ2) is 12.1. The van der Waals surface area contributed by atoms with Crippen LogP contribution in [-0.2, 0) is 30.2 Å². The smallest absolute Gasteiger partial charge is 0.404 e. The quantitative estimate of drug-likeness (QED) is 0.260. The van der Waals surface area contributed by atoms with Gasteiger partial charge in [-0.3, -0.25) is 29.0 Å². The molecule has 12 nitrogen and oxygen atoms in total. The summed E-state index contributed by atoms with van der Waals surface area (Å²) in [5, 5.41) is 5.30. The Morgan fingerprint density at radius 3 is 2.29 bits per heavy atom. The molecule has 35 heavy (non-hydrogen) atoms. The van der Waals surface area contributed by atoms with Crippen LogP contribution >= 0.6 is 7.82 Å². The number of phosphoric ester groups is 1. The van der Waals surface area contributed by atoms with Gasteiger partial charge >= 0.3 is 7.82 Å². The highest BCUT2D eigenvalue weighted by Crippen LogP contribution is 2.37. The Kier molecular flexibility index (Phi) is 9.82. The van der Waals surface area contributed by atoms with Crippen molar-refractivity contribution in [3.05, 3.63) is 29.8 Å². The van der Waals surface area contributed by atoms with E-state index in [2.05, 4.69) is 15.2 Å². The van der Waals surface area contributed by atoms with Crippen molar-refractivity contribution in [1.82, 2.24) is 15.5 Å². The van der Waals surface area contributed by atoms with E-state index in [0.717, 1.165) is 0 Å². The van der Waals surface area contributed by atoms with Gasteiger partial charge in [-0.25, -0.2) is 4.57 Å². The van der Waals surface area contributed by atoms with Crippen LogP contribution in [0.4, 0.5) is 0 Å². The van der Waals surface area contributed by atoms with Gasteiger partial charge in [-0.2, -0.15) is 0 Å². The number of carbonyl (C=O) groups is 4. The van der Waals surface area contributed by atoms with E-state index in [1.54, 1.807) is 0 Å². The molecular weight excluding hydrogens is 479 g/mol. The van der Waals surface area contributed by atoms with E-state index in [-0.39, 0.29) is 18.1 Å². The first kappa shape index (κ1) is 28.3. The van der Waals surface area contributed by atoms with E-state index < -0.39 is 49.6 Å². The Labute approximate surface area is 203 Å². The Morgan fingerprint density at radius 2 is 1.77 bits per heavy atom. The maximum absolute atomic E-state index is 13.2. The summed E-state index contributed by atoms with van der Waals surface area (Å²) in [6, 6.07) is 3.04. The van der Waals surface area contributed by atoms with Crippen molar-refractivity contribution in [3.63, 3.8) is 0 Å². The zero-order valence-corrected chi connectivity index (χ0v) is 20.9. The lowest BCUT2D eigenvalue weighted by molar-refractivity contribution is -0.141. The molecule has 0 bridgehead atoms. The van der Waals surface area contributed by atoms with Gasteiger partial charge in [0.2, 0.25) is 23.6 Å². The van der Waals surface area contributed by atoms with Gasteiger partial charge in [0, 0.05) is 19.9 Å². The number of nitrogens with zero attached hydrogens (tertiary/aromatic N) is 1. The zero-order chi connectivity index (χ0) is 26.3. The number of carbonyl (C=O) groups excluding carboxylic acids is 4. The molecule has 1 aliphatic rings. The topological polar surface area (TPSA) is 188 Å². The van der Waals surface area contributed by atoms with E-state index in [1.807, 2.05) is 13.8 Å². The van der Waals surface area contributed by atoms with Gasteiger partial charge in [0.25, 0.3) is 0 Å². The van der Waals surface area contributed by atoms with Crippen molar-refractivity contribution in [2.75, 3.05) is 6.54 Å². The minimum absolute atomic E-state index is 0.0534. The molecule has 0 aromatic heterocycles. The van der Waals surface area contributed by atoms with Crippen molar-refractivity contribution in [2.45, 2.75) is 64.6 Å². The molecule has 6 N–H and O–H groups in total. The summed E-state index contributed by atoms with van der Waals surface area (Å²) in [4.78, 5) is 69.1. The van der Waals surface area contributed by atoms with E-state index in [9.17, 15) is 23.7 Å². The van der Waals surface area contributed by atoms with Gasteiger partial charge in [0.1, 0.15) is 23.9 Å². The van der Waals surface area contributed by atoms with Crippen molar-refractivity contribution in [2.24, 2.45) is 11.7 Å². The molecule has 0 saturated carbocycles. The van der Waals surface area contributed by atoms with Crippen molar-refractivity contribution < 1.29 is 38.1 Å². The summed E-state index contributed by atoms with van der Waals surface area (Å²) in [6.07, 6.45) is 1.49. The van der Waals surface area contributed by atoms with Crippen LogP contribution < -0.4 is 20.9 Å². The molecule has 1 heterocycles. The molecule has 1 aromatic carbocycles. The fraction of sp³-hybridized carbons (Fsp3) is 0.545. The Bertz CT molecular complexity index is 978. The summed E-state index contributed by atoms with van der Waals surface area (Å²) in [7, 11) is -4.71. The van der Waals surface area contributed by atoms with Crippen LogP contribution in [0.2, 0.25) is 0 Å². The maximum atomic E-state index is 13.2. The van der Waals surface area contributed by atoms with E-state index in [0.29, 0.717) is 31.4 Å². The second-order valence-electron chi connectivity index (χ2n) is 8.97. The summed E-state index contributed by atoms with van der Waals surface area (Å²) >= 11 is 0. The normalized spacial score (nSPS) is 17.5. The lowest BCUT2D eigenvalue weighted by Gasteiger charge is -2.30. The number of likely N-dealkylation sites (tertiary alicyclic amines) is 1. The predicted octanol–water partition coefficient (Wildman–Crippen LogP) is 0.213. The summed E-state index contributed by atoms with van der Waals surface area (Å²) < 4.78 is 15.5. The molecule has 0 spiro atoms. The summed E-state index contributed by atoms with van der Waals surface area (Å²) in [5.41, 5.74) is 6.02. The Hall–Kier alpha value is -2.95. The van der Waals surface area contributed by atoms with E-state index in [4.69, 9.17) is 15.5 Å². The first-order chi connectivity index (χ1) is 16.3. The molecule has 4 amide bonds. The average Bonchev–Trinajstić information content (AvgIpc) is 3.22. The first-order valence-electron chi connectivity index (χ1n) is 11.3. The zero-order valence-electron chi connectivity index (χ0n) is 20.0. The standard InChI is InChI=1S/C22H33N4O8P/c1-13(2)11-18(22(30)26-10-4-5-19(26)20(23)28)25-21(29)17(24-14(3)27)12-15-6-8-16(9-7-15)34-35(31,32)33/h6-9,13,17-19H,4-5,10-12H2,1-3H3,(H2,23,28)(H,24,27)(H,25,29)(H2,31,32,33)/t17-,18-,19+/m0/s1. The van der Waals surface area contributed by atoms with Crippen LogP contribution in [0, 0.1) is 5.92 Å². The monoisotopic (exact) mass is 512 g/mol. The van der Waals surface area contributed by atoms with Crippen molar-refractivity contribution >= 4 is 31.5 Å². The van der Waals surface area contributed by atoms with Crippen molar-refractivity contribution in [3.8, 4) is 5.75 Å². The fourth-order valence-electron chi connectivity index (χ4n) is 4.01. The van der Waals surface area contributed by atoms with E-state index in [1.165, 1.54) is 36.1 Å².